The monoisotopic (exact) mass is 562 g/mol. The molecule has 0 aliphatic rings. The summed E-state index contributed by atoms with van der Waals surface area (Å²) in [6.45, 7) is 4.40. The van der Waals surface area contributed by atoms with E-state index in [9.17, 15) is 0 Å². The number of aromatic nitrogens is 1. The average molecular weight is 563 g/mol. The molecule has 0 saturated heterocycles. The Bertz CT molecular complexity index is 1250. The maximum atomic E-state index is 9.03. The summed E-state index contributed by atoms with van der Waals surface area (Å²) in [5.41, 5.74) is 9.01. The minimum absolute atomic E-state index is 0.392. The summed E-state index contributed by atoms with van der Waals surface area (Å²) in [7, 11) is 0. The number of guanidine groups is 2. The lowest BCUT2D eigenvalue weighted by molar-refractivity contribution is 0.306. The minimum Gasteiger partial charge on any atom is -0.489 e. The molecule has 1 aromatic heterocycles. The summed E-state index contributed by atoms with van der Waals surface area (Å²) in [5.74, 6) is 3.28. The summed E-state index contributed by atoms with van der Waals surface area (Å²) in [6.07, 6.45) is 6.82. The van der Waals surface area contributed by atoms with Gasteiger partial charge in [0.25, 0.3) is 0 Å². The van der Waals surface area contributed by atoms with Gasteiger partial charge in [-0.2, -0.15) is 17.0 Å². The van der Waals surface area contributed by atoms with Gasteiger partial charge in [0.15, 0.2) is 17.3 Å². The Labute approximate surface area is 238 Å². The third kappa shape index (κ3) is 11.9. The standard InChI is InChI=1S/C28H34N8OS2/c1-2-14-31-26(30)36-28-35-24(20-39-28)19-38-17-16-33-27(34-21-29)32-15-6-9-22-10-12-25(13-11-22)37-18-23-7-4-3-5-8-23/h3-13,20H,2,14-19H2,1H3,(H2,32,33,34)(H3,30,31,35,36). The van der Waals surface area contributed by atoms with Gasteiger partial charge in [-0.1, -0.05) is 61.5 Å². The van der Waals surface area contributed by atoms with Gasteiger partial charge < -0.3 is 21.1 Å². The number of thioether (sulfide) groups is 1. The summed E-state index contributed by atoms with van der Waals surface area (Å²) >= 11 is 3.25. The zero-order valence-electron chi connectivity index (χ0n) is 22.0. The van der Waals surface area contributed by atoms with Crippen LogP contribution in [0.5, 0.6) is 5.75 Å². The summed E-state index contributed by atoms with van der Waals surface area (Å²) in [4.78, 5) is 13.2. The van der Waals surface area contributed by atoms with Crippen molar-refractivity contribution in [2.45, 2.75) is 25.7 Å². The Balaban J connectivity index is 1.34. The maximum absolute atomic E-state index is 9.03. The number of hydrogen-bond acceptors (Lipinski definition) is 7. The van der Waals surface area contributed by atoms with E-state index in [4.69, 9.17) is 15.7 Å². The molecule has 0 aliphatic carbocycles. The molecule has 0 fully saturated rings. The first-order chi connectivity index (χ1) is 19.2. The molecule has 1 heterocycles. The number of nitriles is 1. The normalized spacial score (nSPS) is 11.8. The van der Waals surface area contributed by atoms with Crippen LogP contribution >= 0.6 is 23.1 Å². The van der Waals surface area contributed by atoms with E-state index in [-0.39, 0.29) is 0 Å². The highest BCUT2D eigenvalue weighted by Crippen LogP contribution is 2.19. The molecule has 0 bridgehead atoms. The molecule has 2 aromatic carbocycles. The van der Waals surface area contributed by atoms with Crippen LogP contribution in [0, 0.1) is 11.5 Å². The van der Waals surface area contributed by atoms with Crippen LogP contribution in [0.1, 0.15) is 30.2 Å². The number of hydrogen-bond donors (Lipinski definition) is 4. The van der Waals surface area contributed by atoms with E-state index in [0.717, 1.165) is 45.6 Å². The van der Waals surface area contributed by atoms with Crippen LogP contribution in [0.25, 0.3) is 6.08 Å². The Hall–Kier alpha value is -4.01. The van der Waals surface area contributed by atoms with Crippen LogP contribution in [-0.2, 0) is 12.4 Å². The highest BCUT2D eigenvalue weighted by atomic mass is 32.2. The van der Waals surface area contributed by atoms with E-state index in [0.29, 0.717) is 38.2 Å². The van der Waals surface area contributed by atoms with Gasteiger partial charge in [0.05, 0.1) is 12.2 Å². The van der Waals surface area contributed by atoms with Crippen molar-refractivity contribution < 1.29 is 4.74 Å². The van der Waals surface area contributed by atoms with Gasteiger partial charge >= 0.3 is 0 Å². The van der Waals surface area contributed by atoms with E-state index < -0.39 is 0 Å². The molecule has 5 N–H and O–H groups in total. The van der Waals surface area contributed by atoms with Gasteiger partial charge in [-0.3, -0.25) is 10.3 Å². The van der Waals surface area contributed by atoms with Gasteiger partial charge in [0.1, 0.15) is 12.4 Å². The van der Waals surface area contributed by atoms with Crippen molar-refractivity contribution in [1.29, 1.82) is 5.26 Å². The Kier molecular flexibility index (Phi) is 13.2. The molecule has 0 saturated carbocycles. The van der Waals surface area contributed by atoms with Crippen LogP contribution < -0.4 is 26.4 Å². The van der Waals surface area contributed by atoms with Crippen LogP contribution in [0.2, 0.25) is 0 Å². The van der Waals surface area contributed by atoms with Crippen molar-refractivity contribution in [3.63, 3.8) is 0 Å². The lowest BCUT2D eigenvalue weighted by Crippen LogP contribution is -2.36. The zero-order valence-corrected chi connectivity index (χ0v) is 23.6. The first-order valence-corrected chi connectivity index (χ1v) is 14.7. The van der Waals surface area contributed by atoms with E-state index in [2.05, 4.69) is 37.8 Å². The molecule has 39 heavy (non-hydrogen) atoms. The third-order valence-corrected chi connectivity index (χ3v) is 6.85. The SMILES string of the molecule is CCCN=C(N)Nc1nc(CSCCNC(=NCC=Cc2ccc(OCc3ccccc3)cc2)NC#N)cs1. The largest absolute Gasteiger partial charge is 0.489 e. The lowest BCUT2D eigenvalue weighted by Gasteiger charge is -2.07. The van der Waals surface area contributed by atoms with Crippen molar-refractivity contribution in [2.75, 3.05) is 30.7 Å². The number of ether oxygens (including phenoxy) is 1. The molecule has 0 amide bonds. The van der Waals surface area contributed by atoms with E-state index >= 15 is 0 Å². The average Bonchev–Trinajstić information content (AvgIpc) is 3.40. The molecule has 3 aromatic rings. The second-order valence-electron chi connectivity index (χ2n) is 8.19. The van der Waals surface area contributed by atoms with Crippen LogP contribution in [0.4, 0.5) is 5.13 Å². The molecule has 3 rings (SSSR count). The van der Waals surface area contributed by atoms with Crippen molar-refractivity contribution in [1.82, 2.24) is 15.6 Å². The number of anilines is 1. The van der Waals surface area contributed by atoms with Crippen LogP contribution in [-0.4, -0.2) is 42.3 Å². The van der Waals surface area contributed by atoms with Crippen molar-refractivity contribution in [3.8, 4) is 11.9 Å². The number of nitrogens with zero attached hydrogens (tertiary/aromatic N) is 4. The highest BCUT2D eigenvalue weighted by molar-refractivity contribution is 7.98. The Morgan fingerprint density at radius 1 is 1.18 bits per heavy atom. The third-order valence-electron chi connectivity index (χ3n) is 5.05. The molecule has 0 atom stereocenters. The van der Waals surface area contributed by atoms with Gasteiger partial charge in [-0.05, 0) is 29.7 Å². The fourth-order valence-electron chi connectivity index (χ4n) is 3.17. The first-order valence-electron chi connectivity index (χ1n) is 12.6. The van der Waals surface area contributed by atoms with Crippen molar-refractivity contribution in [3.05, 3.63) is 82.9 Å². The summed E-state index contributed by atoms with van der Waals surface area (Å²) in [6, 6.07) is 18.0. The molecule has 204 valence electrons. The highest BCUT2D eigenvalue weighted by Gasteiger charge is 2.04. The topological polar surface area (TPSA) is 133 Å². The van der Waals surface area contributed by atoms with Crippen LogP contribution in [0.3, 0.4) is 0 Å². The number of thiazole rings is 1. The second kappa shape index (κ2) is 17.5. The Morgan fingerprint density at radius 2 is 2.00 bits per heavy atom. The predicted molar refractivity (Wildman–Crippen MR) is 164 cm³/mol. The number of benzene rings is 2. The smallest absolute Gasteiger partial charge is 0.205 e. The molecular weight excluding hydrogens is 528 g/mol. The fraction of sp³-hybridized carbons (Fsp3) is 0.286. The number of aliphatic imine (C=N–C) groups is 2. The lowest BCUT2D eigenvalue weighted by atomic mass is 10.2. The van der Waals surface area contributed by atoms with Gasteiger partial charge in [-0.25, -0.2) is 9.98 Å². The summed E-state index contributed by atoms with van der Waals surface area (Å²) < 4.78 is 5.83. The molecule has 0 radical (unpaired) electrons. The molecule has 11 heteroatoms. The van der Waals surface area contributed by atoms with Gasteiger partial charge in [-0.15, -0.1) is 11.3 Å². The second-order valence-corrected chi connectivity index (χ2v) is 10.2. The Morgan fingerprint density at radius 3 is 2.77 bits per heavy atom. The fourth-order valence-corrected chi connectivity index (χ4v) is 4.74. The number of nitrogens with one attached hydrogen (secondary N) is 3. The van der Waals surface area contributed by atoms with Gasteiger partial charge in [0.2, 0.25) is 5.96 Å². The first kappa shape index (κ1) is 29.5. The predicted octanol–water partition coefficient (Wildman–Crippen LogP) is 4.82. The molecule has 0 unspecified atom stereocenters. The molecule has 9 nitrogen and oxygen atoms in total. The molecule has 0 aliphatic heterocycles. The van der Waals surface area contributed by atoms with Crippen molar-refractivity contribution in [2.24, 2.45) is 15.7 Å². The quantitative estimate of drug-likeness (QED) is 0.0723. The minimum atomic E-state index is 0.392. The maximum Gasteiger partial charge on any atom is 0.205 e. The molecular formula is C28H34N8OS2. The van der Waals surface area contributed by atoms with Gasteiger partial charge in [0, 0.05) is 30.0 Å². The van der Waals surface area contributed by atoms with Crippen molar-refractivity contribution >= 4 is 46.2 Å². The molecule has 0 spiro atoms. The zero-order chi connectivity index (χ0) is 27.5. The van der Waals surface area contributed by atoms with E-state index in [1.54, 1.807) is 11.8 Å². The van der Waals surface area contributed by atoms with E-state index in [1.807, 2.05) is 78.3 Å². The number of nitrogens with two attached hydrogens (primary N) is 1. The number of rotatable bonds is 14. The summed E-state index contributed by atoms with van der Waals surface area (Å²) in [5, 5.41) is 20.6. The van der Waals surface area contributed by atoms with Crippen LogP contribution in [0.15, 0.2) is 76.0 Å². The van der Waals surface area contributed by atoms with E-state index in [1.165, 1.54) is 11.3 Å².